The number of nitrogens with zero attached hydrogens (tertiary/aromatic N) is 2. The topological polar surface area (TPSA) is 69.7 Å². The highest BCUT2D eigenvalue weighted by atomic mass is 35.5. The van der Waals surface area contributed by atoms with Crippen LogP contribution in [0.15, 0.2) is 48.5 Å². The first kappa shape index (κ1) is 19.9. The highest BCUT2D eigenvalue weighted by Gasteiger charge is 2.24. The summed E-state index contributed by atoms with van der Waals surface area (Å²) in [5.41, 5.74) is 1.76. The van der Waals surface area contributed by atoms with Crippen LogP contribution in [-0.4, -0.2) is 37.9 Å². The van der Waals surface area contributed by atoms with Crippen LogP contribution in [0.3, 0.4) is 0 Å². The number of carbonyl (C=O) groups excluding carboxylic acids is 3. The zero-order valence-electron chi connectivity index (χ0n) is 15.7. The predicted octanol–water partition coefficient (Wildman–Crippen LogP) is 3.25. The van der Waals surface area contributed by atoms with Gasteiger partial charge in [0.05, 0.1) is 10.7 Å². The van der Waals surface area contributed by atoms with Crippen LogP contribution in [0.5, 0.6) is 0 Å². The lowest BCUT2D eigenvalue weighted by atomic mass is 10.1. The average molecular weight is 400 g/mol. The second-order valence-electron chi connectivity index (χ2n) is 6.61. The molecule has 0 bridgehead atoms. The fraction of sp³-hybridized carbons (Fsp3) is 0.286. The fourth-order valence-corrected chi connectivity index (χ4v) is 3.33. The summed E-state index contributed by atoms with van der Waals surface area (Å²) in [5, 5.41) is 3.19. The third kappa shape index (κ3) is 4.51. The minimum absolute atomic E-state index is 0.00834. The molecule has 1 aliphatic heterocycles. The SMILES string of the molecule is CN(C(=O)CCNC(=O)c1ccc(Cl)c(N2CCCC2=O)c1)c1ccccc1. The lowest BCUT2D eigenvalue weighted by Gasteiger charge is -2.19. The Bertz CT molecular complexity index is 886. The number of rotatable bonds is 6. The average Bonchev–Trinajstić information content (AvgIpc) is 3.14. The summed E-state index contributed by atoms with van der Waals surface area (Å²) in [6, 6.07) is 14.2. The van der Waals surface area contributed by atoms with Crippen LogP contribution in [0.25, 0.3) is 0 Å². The molecule has 1 fully saturated rings. The quantitative estimate of drug-likeness (QED) is 0.810. The van der Waals surface area contributed by atoms with Crippen molar-refractivity contribution in [2.45, 2.75) is 19.3 Å². The molecule has 0 saturated carbocycles. The number of nitrogens with one attached hydrogen (secondary N) is 1. The zero-order chi connectivity index (χ0) is 20.1. The number of anilines is 2. The van der Waals surface area contributed by atoms with Crippen molar-refractivity contribution in [1.29, 1.82) is 0 Å². The van der Waals surface area contributed by atoms with Gasteiger partial charge in [0.1, 0.15) is 0 Å². The maximum absolute atomic E-state index is 12.4. The molecule has 146 valence electrons. The smallest absolute Gasteiger partial charge is 0.251 e. The van der Waals surface area contributed by atoms with Crippen molar-refractivity contribution in [3.05, 3.63) is 59.1 Å². The van der Waals surface area contributed by atoms with E-state index in [0.717, 1.165) is 12.1 Å². The molecule has 1 saturated heterocycles. The molecule has 0 atom stereocenters. The molecule has 28 heavy (non-hydrogen) atoms. The van der Waals surface area contributed by atoms with Gasteiger partial charge in [0, 0.05) is 44.2 Å². The molecule has 0 aromatic heterocycles. The summed E-state index contributed by atoms with van der Waals surface area (Å²) < 4.78 is 0. The molecule has 3 amide bonds. The van der Waals surface area contributed by atoms with Gasteiger partial charge >= 0.3 is 0 Å². The molecular weight excluding hydrogens is 378 g/mol. The normalized spacial score (nSPS) is 13.5. The van der Waals surface area contributed by atoms with E-state index in [2.05, 4.69) is 5.32 Å². The van der Waals surface area contributed by atoms with E-state index in [9.17, 15) is 14.4 Å². The Morgan fingerprint density at radius 3 is 2.61 bits per heavy atom. The third-order valence-electron chi connectivity index (χ3n) is 4.71. The summed E-state index contributed by atoms with van der Waals surface area (Å²) in [7, 11) is 1.71. The van der Waals surface area contributed by atoms with Crippen LogP contribution in [0.1, 0.15) is 29.6 Å². The van der Waals surface area contributed by atoms with Crippen LogP contribution >= 0.6 is 11.6 Å². The second-order valence-corrected chi connectivity index (χ2v) is 7.02. The predicted molar refractivity (Wildman–Crippen MR) is 110 cm³/mol. The Balaban J connectivity index is 1.58. The largest absolute Gasteiger partial charge is 0.352 e. The van der Waals surface area contributed by atoms with Crippen LogP contribution in [0.2, 0.25) is 5.02 Å². The summed E-state index contributed by atoms with van der Waals surface area (Å²) in [6.07, 6.45) is 1.45. The summed E-state index contributed by atoms with van der Waals surface area (Å²) in [5.74, 6) is -0.389. The van der Waals surface area contributed by atoms with E-state index in [1.165, 1.54) is 0 Å². The fourth-order valence-electron chi connectivity index (χ4n) is 3.11. The maximum atomic E-state index is 12.4. The van der Waals surface area contributed by atoms with Crippen molar-refractivity contribution >= 4 is 40.7 Å². The Kier molecular flexibility index (Phi) is 6.31. The van der Waals surface area contributed by atoms with E-state index < -0.39 is 0 Å². The minimum atomic E-state index is -0.306. The molecule has 0 unspecified atom stereocenters. The van der Waals surface area contributed by atoms with Crippen molar-refractivity contribution in [2.75, 3.05) is 29.9 Å². The van der Waals surface area contributed by atoms with Gasteiger partial charge in [-0.15, -0.1) is 0 Å². The van der Waals surface area contributed by atoms with Gasteiger partial charge in [-0.1, -0.05) is 29.8 Å². The highest BCUT2D eigenvalue weighted by Crippen LogP contribution is 2.30. The van der Waals surface area contributed by atoms with Gasteiger partial charge in [-0.2, -0.15) is 0 Å². The molecule has 1 heterocycles. The summed E-state index contributed by atoms with van der Waals surface area (Å²) in [6.45, 7) is 0.819. The van der Waals surface area contributed by atoms with Crippen LogP contribution in [-0.2, 0) is 9.59 Å². The van der Waals surface area contributed by atoms with Crippen molar-refractivity contribution in [3.63, 3.8) is 0 Å². The number of hydrogen-bond donors (Lipinski definition) is 1. The number of benzene rings is 2. The van der Waals surface area contributed by atoms with Crippen molar-refractivity contribution in [1.82, 2.24) is 5.32 Å². The zero-order valence-corrected chi connectivity index (χ0v) is 16.4. The molecule has 0 spiro atoms. The van der Waals surface area contributed by atoms with Gasteiger partial charge in [0.15, 0.2) is 0 Å². The number of carbonyl (C=O) groups is 3. The van der Waals surface area contributed by atoms with Gasteiger partial charge in [-0.25, -0.2) is 0 Å². The van der Waals surface area contributed by atoms with E-state index in [1.807, 2.05) is 30.3 Å². The lowest BCUT2D eigenvalue weighted by Crippen LogP contribution is -2.32. The maximum Gasteiger partial charge on any atom is 0.251 e. The van der Waals surface area contributed by atoms with E-state index in [-0.39, 0.29) is 30.7 Å². The summed E-state index contributed by atoms with van der Waals surface area (Å²) >= 11 is 6.21. The van der Waals surface area contributed by atoms with Crippen molar-refractivity contribution < 1.29 is 14.4 Å². The molecular formula is C21H22ClN3O3. The molecule has 6 nitrogen and oxygen atoms in total. The molecule has 1 N–H and O–H groups in total. The Labute approximate surface area is 169 Å². The van der Waals surface area contributed by atoms with E-state index >= 15 is 0 Å². The Morgan fingerprint density at radius 1 is 1.18 bits per heavy atom. The second kappa shape index (κ2) is 8.89. The number of para-hydroxylation sites is 1. The molecule has 0 radical (unpaired) electrons. The van der Waals surface area contributed by atoms with E-state index in [4.69, 9.17) is 11.6 Å². The number of amides is 3. The first-order chi connectivity index (χ1) is 13.5. The summed E-state index contributed by atoms with van der Waals surface area (Å²) in [4.78, 5) is 39.9. The monoisotopic (exact) mass is 399 g/mol. The molecule has 1 aliphatic rings. The van der Waals surface area contributed by atoms with Gasteiger partial charge < -0.3 is 15.1 Å². The third-order valence-corrected chi connectivity index (χ3v) is 5.03. The van der Waals surface area contributed by atoms with Crippen LogP contribution in [0, 0.1) is 0 Å². The van der Waals surface area contributed by atoms with Crippen LogP contribution in [0.4, 0.5) is 11.4 Å². The van der Waals surface area contributed by atoms with Crippen molar-refractivity contribution in [3.8, 4) is 0 Å². The number of hydrogen-bond acceptors (Lipinski definition) is 3. The van der Waals surface area contributed by atoms with Crippen molar-refractivity contribution in [2.24, 2.45) is 0 Å². The molecule has 0 aliphatic carbocycles. The highest BCUT2D eigenvalue weighted by molar-refractivity contribution is 6.34. The minimum Gasteiger partial charge on any atom is -0.352 e. The van der Waals surface area contributed by atoms with Gasteiger partial charge in [-0.05, 0) is 36.8 Å². The van der Waals surface area contributed by atoms with Gasteiger partial charge in [0.2, 0.25) is 11.8 Å². The van der Waals surface area contributed by atoms with Gasteiger partial charge in [-0.3, -0.25) is 14.4 Å². The van der Waals surface area contributed by atoms with E-state index in [1.54, 1.807) is 35.0 Å². The number of halogens is 1. The molecule has 2 aromatic carbocycles. The standard InChI is InChI=1S/C21H22ClN3O3/c1-24(16-6-3-2-4-7-16)19(26)11-12-23-21(28)15-9-10-17(22)18(14-15)25-13-5-8-20(25)27/h2-4,6-7,9-10,14H,5,8,11-13H2,1H3,(H,23,28). The van der Waals surface area contributed by atoms with E-state index in [0.29, 0.717) is 29.2 Å². The Morgan fingerprint density at radius 2 is 1.93 bits per heavy atom. The molecule has 2 aromatic rings. The first-order valence-corrected chi connectivity index (χ1v) is 9.55. The first-order valence-electron chi connectivity index (χ1n) is 9.17. The van der Waals surface area contributed by atoms with Crippen LogP contribution < -0.4 is 15.1 Å². The molecule has 7 heteroatoms. The Hall–Kier alpha value is -2.86. The molecule has 3 rings (SSSR count). The lowest BCUT2D eigenvalue weighted by molar-refractivity contribution is -0.118. The van der Waals surface area contributed by atoms with Gasteiger partial charge in [0.25, 0.3) is 5.91 Å².